The van der Waals surface area contributed by atoms with Gasteiger partial charge in [0.15, 0.2) is 0 Å². The maximum atomic E-state index is 11.7. The molecular formula is C10H20N2O2. The quantitative estimate of drug-likeness (QED) is 0.588. The van der Waals surface area contributed by atoms with Crippen molar-refractivity contribution in [2.24, 2.45) is 0 Å². The van der Waals surface area contributed by atoms with E-state index in [1.807, 2.05) is 18.7 Å². The molecule has 0 spiro atoms. The molecule has 0 bridgehead atoms. The van der Waals surface area contributed by atoms with Crippen LogP contribution in [0.5, 0.6) is 0 Å². The number of nitrogens with zero attached hydrogens (tertiary/aromatic N) is 2. The molecule has 1 fully saturated rings. The first-order chi connectivity index (χ1) is 6.42. The third kappa shape index (κ3) is 2.87. The van der Waals surface area contributed by atoms with Crippen molar-refractivity contribution in [3.8, 4) is 0 Å². The molecule has 1 heterocycles. The first kappa shape index (κ1) is 11.3. The number of hydrogen-bond donors (Lipinski definition) is 0. The van der Waals surface area contributed by atoms with Gasteiger partial charge < -0.3 is 14.5 Å². The Kier molecular flexibility index (Phi) is 3.37. The first-order valence-electron chi connectivity index (χ1n) is 5.02. The lowest BCUT2D eigenvalue weighted by Gasteiger charge is -2.30. The van der Waals surface area contributed by atoms with Gasteiger partial charge in [0.05, 0.1) is 12.1 Å². The predicted molar refractivity (Wildman–Crippen MR) is 55.3 cm³/mol. The number of amides is 2. The highest BCUT2D eigenvalue weighted by atomic mass is 16.5. The van der Waals surface area contributed by atoms with Crippen LogP contribution in [0.15, 0.2) is 0 Å². The van der Waals surface area contributed by atoms with Gasteiger partial charge in [-0.25, -0.2) is 4.79 Å². The zero-order chi connectivity index (χ0) is 10.8. The van der Waals surface area contributed by atoms with Crippen LogP contribution in [-0.2, 0) is 4.74 Å². The summed E-state index contributed by atoms with van der Waals surface area (Å²) in [6, 6.07) is 0.0728. The second-order valence-corrected chi connectivity index (χ2v) is 4.56. The molecule has 1 aliphatic rings. The van der Waals surface area contributed by atoms with E-state index in [-0.39, 0.29) is 11.6 Å². The van der Waals surface area contributed by atoms with Gasteiger partial charge in [-0.2, -0.15) is 0 Å². The van der Waals surface area contributed by atoms with Gasteiger partial charge in [-0.05, 0) is 20.3 Å². The molecule has 0 aromatic carbocycles. The molecule has 0 aliphatic carbocycles. The van der Waals surface area contributed by atoms with Gasteiger partial charge in [0, 0.05) is 27.2 Å². The molecule has 1 saturated heterocycles. The average molecular weight is 200 g/mol. The van der Waals surface area contributed by atoms with Crippen LogP contribution in [0, 0.1) is 0 Å². The summed E-state index contributed by atoms with van der Waals surface area (Å²) in [5.74, 6) is 0. The summed E-state index contributed by atoms with van der Waals surface area (Å²) in [5.41, 5.74) is -0.220. The fourth-order valence-electron chi connectivity index (χ4n) is 1.63. The second-order valence-electron chi connectivity index (χ2n) is 4.56. The highest BCUT2D eigenvalue weighted by molar-refractivity contribution is 5.73. The molecule has 0 N–H and O–H groups in total. The maximum absolute atomic E-state index is 11.7. The lowest BCUT2D eigenvalue weighted by Crippen LogP contribution is -2.45. The Morgan fingerprint density at radius 2 is 2.07 bits per heavy atom. The van der Waals surface area contributed by atoms with Gasteiger partial charge in [-0.1, -0.05) is 0 Å². The Bertz CT molecular complexity index is 214. The number of rotatable bonds is 0. The lowest BCUT2D eigenvalue weighted by atomic mass is 10.1. The Labute approximate surface area is 85.8 Å². The van der Waals surface area contributed by atoms with E-state index < -0.39 is 0 Å². The smallest absolute Gasteiger partial charge is 0.319 e. The number of hydrogen-bond acceptors (Lipinski definition) is 2. The molecule has 0 saturated carbocycles. The van der Waals surface area contributed by atoms with Crippen molar-refractivity contribution in [2.75, 3.05) is 33.8 Å². The molecule has 0 aromatic heterocycles. The molecule has 0 aromatic rings. The monoisotopic (exact) mass is 200 g/mol. The van der Waals surface area contributed by atoms with Crippen molar-refractivity contribution in [2.45, 2.75) is 25.9 Å². The largest absolute Gasteiger partial charge is 0.374 e. The molecule has 4 nitrogen and oxygen atoms in total. The number of urea groups is 1. The molecule has 4 heteroatoms. The highest BCUT2D eigenvalue weighted by Crippen LogP contribution is 2.16. The molecule has 0 radical (unpaired) electrons. The topological polar surface area (TPSA) is 32.8 Å². The van der Waals surface area contributed by atoms with Crippen molar-refractivity contribution in [1.82, 2.24) is 9.80 Å². The highest BCUT2D eigenvalue weighted by Gasteiger charge is 2.28. The van der Waals surface area contributed by atoms with Crippen molar-refractivity contribution in [3.05, 3.63) is 0 Å². The van der Waals surface area contributed by atoms with E-state index >= 15 is 0 Å². The standard InChI is InChI=1S/C10H20N2O2/c1-10(2)8-12(6-5-7-14-10)9(13)11(3)4/h5-8H2,1-4H3. The van der Waals surface area contributed by atoms with Crippen molar-refractivity contribution >= 4 is 6.03 Å². The normalized spacial score (nSPS) is 21.6. The summed E-state index contributed by atoms with van der Waals surface area (Å²) >= 11 is 0. The molecular weight excluding hydrogens is 180 g/mol. The Hall–Kier alpha value is -0.770. The van der Waals surface area contributed by atoms with E-state index in [0.717, 1.165) is 19.6 Å². The molecule has 1 rings (SSSR count). The maximum Gasteiger partial charge on any atom is 0.319 e. The van der Waals surface area contributed by atoms with E-state index in [9.17, 15) is 4.79 Å². The third-order valence-corrected chi connectivity index (χ3v) is 2.29. The molecule has 0 unspecified atom stereocenters. The summed E-state index contributed by atoms with van der Waals surface area (Å²) in [5, 5.41) is 0. The SMILES string of the molecule is CN(C)C(=O)N1CCCOC(C)(C)C1. The Morgan fingerprint density at radius 3 is 2.64 bits per heavy atom. The molecule has 0 atom stereocenters. The van der Waals surface area contributed by atoms with Crippen LogP contribution in [0.4, 0.5) is 4.79 Å². The summed E-state index contributed by atoms with van der Waals surface area (Å²) in [6.45, 7) is 6.25. The first-order valence-corrected chi connectivity index (χ1v) is 5.02. The van der Waals surface area contributed by atoms with Crippen LogP contribution in [0.25, 0.3) is 0 Å². The minimum Gasteiger partial charge on any atom is -0.374 e. The van der Waals surface area contributed by atoms with Gasteiger partial charge in [-0.15, -0.1) is 0 Å². The Balaban J connectivity index is 2.64. The summed E-state index contributed by atoms with van der Waals surface area (Å²) in [6.07, 6.45) is 0.920. The van der Waals surface area contributed by atoms with Crippen LogP contribution >= 0.6 is 0 Å². The van der Waals surface area contributed by atoms with Gasteiger partial charge in [0.2, 0.25) is 0 Å². The zero-order valence-corrected chi connectivity index (χ0v) is 9.54. The Morgan fingerprint density at radius 1 is 1.43 bits per heavy atom. The van der Waals surface area contributed by atoms with Crippen molar-refractivity contribution in [1.29, 1.82) is 0 Å². The third-order valence-electron chi connectivity index (χ3n) is 2.29. The molecule has 82 valence electrons. The molecule has 2 amide bonds. The van der Waals surface area contributed by atoms with Gasteiger partial charge in [-0.3, -0.25) is 0 Å². The number of carbonyl (C=O) groups is 1. The van der Waals surface area contributed by atoms with Crippen LogP contribution in [0.1, 0.15) is 20.3 Å². The van der Waals surface area contributed by atoms with E-state index in [1.54, 1.807) is 19.0 Å². The molecule has 1 aliphatic heterocycles. The minimum absolute atomic E-state index is 0.0728. The minimum atomic E-state index is -0.220. The summed E-state index contributed by atoms with van der Waals surface area (Å²) in [4.78, 5) is 15.2. The van der Waals surface area contributed by atoms with E-state index in [2.05, 4.69) is 0 Å². The fraction of sp³-hybridized carbons (Fsp3) is 0.900. The van der Waals surface area contributed by atoms with Gasteiger partial charge in [0.1, 0.15) is 0 Å². The van der Waals surface area contributed by atoms with E-state index in [1.165, 1.54) is 0 Å². The van der Waals surface area contributed by atoms with Gasteiger partial charge >= 0.3 is 6.03 Å². The predicted octanol–water partition coefficient (Wildman–Crippen LogP) is 1.17. The van der Waals surface area contributed by atoms with Crippen molar-refractivity contribution in [3.63, 3.8) is 0 Å². The second kappa shape index (κ2) is 4.17. The lowest BCUT2D eigenvalue weighted by molar-refractivity contribution is -0.0142. The van der Waals surface area contributed by atoms with Crippen LogP contribution in [-0.4, -0.2) is 55.2 Å². The van der Waals surface area contributed by atoms with Crippen LogP contribution in [0.2, 0.25) is 0 Å². The zero-order valence-electron chi connectivity index (χ0n) is 9.54. The summed E-state index contributed by atoms with van der Waals surface area (Å²) < 4.78 is 5.64. The summed E-state index contributed by atoms with van der Waals surface area (Å²) in [7, 11) is 3.56. The fourth-order valence-corrected chi connectivity index (χ4v) is 1.63. The average Bonchev–Trinajstić information content (AvgIpc) is 2.24. The van der Waals surface area contributed by atoms with Gasteiger partial charge in [0.25, 0.3) is 0 Å². The van der Waals surface area contributed by atoms with Crippen LogP contribution < -0.4 is 0 Å². The van der Waals surface area contributed by atoms with E-state index in [0.29, 0.717) is 6.54 Å². The molecule has 14 heavy (non-hydrogen) atoms. The number of carbonyl (C=O) groups excluding carboxylic acids is 1. The number of ether oxygens (including phenoxy) is 1. The van der Waals surface area contributed by atoms with E-state index in [4.69, 9.17) is 4.74 Å². The van der Waals surface area contributed by atoms with Crippen molar-refractivity contribution < 1.29 is 9.53 Å². The van der Waals surface area contributed by atoms with Crippen LogP contribution in [0.3, 0.4) is 0 Å².